The van der Waals surface area contributed by atoms with E-state index in [4.69, 9.17) is 4.74 Å². The van der Waals surface area contributed by atoms with Crippen LogP contribution in [-0.2, 0) is 4.74 Å². The summed E-state index contributed by atoms with van der Waals surface area (Å²) in [5, 5.41) is 29.1. The Morgan fingerprint density at radius 2 is 1.92 bits per heavy atom. The van der Waals surface area contributed by atoms with Crippen LogP contribution in [0.5, 0.6) is 0 Å². The first-order chi connectivity index (χ1) is 11.4. The zero-order valence-electron chi connectivity index (χ0n) is 13.5. The molecule has 4 N–H and O–H groups in total. The van der Waals surface area contributed by atoms with Crippen molar-refractivity contribution in [1.82, 2.24) is 14.5 Å². The highest BCUT2D eigenvalue weighted by Crippen LogP contribution is 2.32. The van der Waals surface area contributed by atoms with Crippen molar-refractivity contribution in [2.45, 2.75) is 43.3 Å². The van der Waals surface area contributed by atoms with Gasteiger partial charge in [0.25, 0.3) is 5.56 Å². The lowest BCUT2D eigenvalue weighted by Crippen LogP contribution is -2.40. The average molecular weight is 341 g/mol. The van der Waals surface area contributed by atoms with Crippen molar-refractivity contribution >= 4 is 0 Å². The highest BCUT2D eigenvalue weighted by molar-refractivity contribution is 5.15. The third-order valence-corrected chi connectivity index (χ3v) is 4.93. The van der Waals surface area contributed by atoms with Crippen LogP contribution < -0.4 is 11.2 Å². The molecule has 9 nitrogen and oxygen atoms in total. The number of aliphatic hydroxyl groups is 3. The number of H-pyrrole nitrogens is 1. The van der Waals surface area contributed by atoms with Crippen LogP contribution in [0.4, 0.5) is 0 Å². The number of ether oxygens (including phenoxy) is 1. The molecule has 2 saturated heterocycles. The Labute approximate surface area is 138 Å². The molecule has 2 aliphatic rings. The van der Waals surface area contributed by atoms with Gasteiger partial charge in [0.05, 0.1) is 12.2 Å². The minimum absolute atomic E-state index is 0.0404. The number of hydrogen-bond donors (Lipinski definition) is 4. The summed E-state index contributed by atoms with van der Waals surface area (Å²) in [6.45, 7) is 1.22. The zero-order chi connectivity index (χ0) is 17.4. The summed E-state index contributed by atoms with van der Waals surface area (Å²) in [5.74, 6) is 0. The predicted octanol–water partition coefficient (Wildman–Crippen LogP) is -2.04. The Bertz CT molecular complexity index is 693. The van der Waals surface area contributed by atoms with Crippen molar-refractivity contribution in [2.24, 2.45) is 0 Å². The number of nitrogens with one attached hydrogen (secondary N) is 1. The molecule has 1 aromatic rings. The molecule has 0 radical (unpaired) electrons. The van der Waals surface area contributed by atoms with Crippen molar-refractivity contribution in [2.75, 3.05) is 26.7 Å². The van der Waals surface area contributed by atoms with Crippen molar-refractivity contribution < 1.29 is 20.1 Å². The van der Waals surface area contributed by atoms with Gasteiger partial charge in [-0.2, -0.15) is 0 Å². The van der Waals surface area contributed by atoms with Gasteiger partial charge >= 0.3 is 5.69 Å². The Morgan fingerprint density at radius 1 is 1.25 bits per heavy atom. The monoisotopic (exact) mass is 341 g/mol. The topological polar surface area (TPSA) is 128 Å². The first-order valence-corrected chi connectivity index (χ1v) is 8.08. The lowest BCUT2D eigenvalue weighted by molar-refractivity contribution is -0.0234. The van der Waals surface area contributed by atoms with Gasteiger partial charge in [-0.05, 0) is 33.0 Å². The summed E-state index contributed by atoms with van der Waals surface area (Å²) >= 11 is 0. The van der Waals surface area contributed by atoms with Crippen LogP contribution in [0.1, 0.15) is 30.6 Å². The number of hydrogen-bond acceptors (Lipinski definition) is 7. The van der Waals surface area contributed by atoms with E-state index in [9.17, 15) is 24.9 Å². The highest BCUT2D eigenvalue weighted by atomic mass is 16.6. The highest BCUT2D eigenvalue weighted by Gasteiger charge is 2.44. The van der Waals surface area contributed by atoms with Crippen LogP contribution in [0.3, 0.4) is 0 Å². The van der Waals surface area contributed by atoms with Crippen molar-refractivity contribution in [1.29, 1.82) is 0 Å². The van der Waals surface area contributed by atoms with Gasteiger partial charge in [-0.15, -0.1) is 0 Å². The Hall–Kier alpha value is -1.52. The van der Waals surface area contributed by atoms with E-state index in [-0.39, 0.29) is 11.6 Å². The smallest absolute Gasteiger partial charge is 0.328 e. The Kier molecular flexibility index (Phi) is 4.88. The second-order valence-electron chi connectivity index (χ2n) is 6.54. The van der Waals surface area contributed by atoms with E-state index in [0.717, 1.165) is 25.9 Å². The van der Waals surface area contributed by atoms with Gasteiger partial charge in [0.2, 0.25) is 0 Å². The van der Waals surface area contributed by atoms with Gasteiger partial charge in [0.1, 0.15) is 24.4 Å². The quantitative estimate of drug-likeness (QED) is 0.498. The number of aliphatic hydroxyl groups excluding tert-OH is 3. The molecule has 24 heavy (non-hydrogen) atoms. The van der Waals surface area contributed by atoms with Crippen LogP contribution in [0, 0.1) is 0 Å². The molecule has 0 aliphatic carbocycles. The van der Waals surface area contributed by atoms with E-state index < -0.39 is 42.3 Å². The molecule has 2 aliphatic heterocycles. The molecule has 0 bridgehead atoms. The summed E-state index contributed by atoms with van der Waals surface area (Å²) in [6.07, 6.45) is -1.71. The SMILES string of the molecule is CN1CCC(n2cc([C@@H]3O[C@H](CO)[C@@H](O)[C@H]3O)c(=O)[nH]c2=O)CC1. The number of piperidine rings is 1. The molecule has 1 aromatic heterocycles. The molecular formula is C15H23N3O6. The third-order valence-electron chi connectivity index (χ3n) is 4.93. The van der Waals surface area contributed by atoms with E-state index in [1.165, 1.54) is 10.8 Å². The van der Waals surface area contributed by atoms with Gasteiger partial charge in [-0.3, -0.25) is 14.3 Å². The van der Waals surface area contributed by atoms with Gasteiger partial charge in [-0.1, -0.05) is 0 Å². The molecule has 2 fully saturated rings. The minimum Gasteiger partial charge on any atom is -0.394 e. The molecule has 0 amide bonds. The van der Waals surface area contributed by atoms with E-state index in [0.29, 0.717) is 0 Å². The second kappa shape index (κ2) is 6.77. The molecule has 0 unspecified atom stereocenters. The minimum atomic E-state index is -1.34. The molecule has 3 rings (SSSR count). The number of nitrogens with zero attached hydrogens (tertiary/aromatic N) is 2. The fourth-order valence-corrected chi connectivity index (χ4v) is 3.40. The summed E-state index contributed by atoms with van der Waals surface area (Å²) in [5.41, 5.74) is -1.07. The van der Waals surface area contributed by atoms with Crippen molar-refractivity contribution in [3.8, 4) is 0 Å². The van der Waals surface area contributed by atoms with Gasteiger partial charge in [-0.25, -0.2) is 4.79 Å². The first-order valence-electron chi connectivity index (χ1n) is 8.08. The fraction of sp³-hybridized carbons (Fsp3) is 0.733. The van der Waals surface area contributed by atoms with E-state index in [1.54, 1.807) is 0 Å². The summed E-state index contributed by atoms with van der Waals surface area (Å²) in [7, 11) is 2.01. The zero-order valence-corrected chi connectivity index (χ0v) is 13.5. The lowest BCUT2D eigenvalue weighted by Gasteiger charge is -2.30. The summed E-state index contributed by atoms with van der Waals surface area (Å²) in [4.78, 5) is 28.7. The molecule has 4 atom stereocenters. The molecule has 3 heterocycles. The van der Waals surface area contributed by atoms with E-state index >= 15 is 0 Å². The molecule has 9 heteroatoms. The van der Waals surface area contributed by atoms with Gasteiger partial charge in [0, 0.05) is 12.2 Å². The molecule has 0 saturated carbocycles. The number of aromatic amines is 1. The third kappa shape index (κ3) is 3.05. The van der Waals surface area contributed by atoms with Crippen molar-refractivity contribution in [3.05, 3.63) is 32.6 Å². The maximum Gasteiger partial charge on any atom is 0.328 e. The number of likely N-dealkylation sites (tertiary alicyclic amines) is 1. The largest absolute Gasteiger partial charge is 0.394 e. The average Bonchev–Trinajstić information content (AvgIpc) is 2.84. The van der Waals surface area contributed by atoms with Crippen LogP contribution in [0.15, 0.2) is 15.8 Å². The predicted molar refractivity (Wildman–Crippen MR) is 83.8 cm³/mol. The van der Waals surface area contributed by atoms with Crippen LogP contribution in [-0.4, -0.2) is 74.8 Å². The molecule has 0 spiro atoms. The Morgan fingerprint density at radius 3 is 2.50 bits per heavy atom. The summed E-state index contributed by atoms with van der Waals surface area (Å²) < 4.78 is 6.88. The van der Waals surface area contributed by atoms with E-state index in [1.807, 2.05) is 7.05 Å². The molecular weight excluding hydrogens is 318 g/mol. The van der Waals surface area contributed by atoms with Crippen LogP contribution in [0.2, 0.25) is 0 Å². The maximum absolute atomic E-state index is 12.2. The maximum atomic E-state index is 12.2. The Balaban J connectivity index is 1.93. The first kappa shape index (κ1) is 17.3. The van der Waals surface area contributed by atoms with Crippen LogP contribution >= 0.6 is 0 Å². The van der Waals surface area contributed by atoms with Gasteiger partial charge in [0.15, 0.2) is 0 Å². The number of rotatable bonds is 3. The van der Waals surface area contributed by atoms with Crippen LogP contribution in [0.25, 0.3) is 0 Å². The van der Waals surface area contributed by atoms with E-state index in [2.05, 4.69) is 9.88 Å². The van der Waals surface area contributed by atoms with Crippen molar-refractivity contribution in [3.63, 3.8) is 0 Å². The molecule has 134 valence electrons. The standard InChI is InChI=1S/C15H23N3O6/c1-17-4-2-8(3-5-17)18-6-9(14(22)16-15(18)23)13-12(21)11(20)10(7-19)24-13/h6,8,10-13,19-21H,2-5,7H2,1H3,(H,16,22,23)/t10-,11-,12-,13+/m1/s1. The molecule has 0 aromatic carbocycles. The normalized spacial score (nSPS) is 32.3. The summed E-state index contributed by atoms with van der Waals surface area (Å²) in [6, 6.07) is -0.0404. The fourth-order valence-electron chi connectivity index (χ4n) is 3.40. The van der Waals surface area contributed by atoms with Gasteiger partial charge < -0.3 is 25.0 Å². The lowest BCUT2D eigenvalue weighted by atomic mass is 10.0. The number of aromatic nitrogens is 2. The second-order valence-corrected chi connectivity index (χ2v) is 6.54.